The molecule has 2 unspecified atom stereocenters. The summed E-state index contributed by atoms with van der Waals surface area (Å²) in [5.41, 5.74) is 5.38. The molecule has 100 valence electrons. The Morgan fingerprint density at radius 2 is 1.94 bits per heavy atom. The van der Waals surface area contributed by atoms with E-state index in [-0.39, 0.29) is 17.8 Å². The number of nitrogens with two attached hydrogens (primary N) is 1. The predicted molar refractivity (Wildman–Crippen MR) is 68.0 cm³/mol. The maximum absolute atomic E-state index is 11.7. The van der Waals surface area contributed by atoms with Crippen LogP contribution in [0.5, 0.6) is 0 Å². The first-order valence-corrected chi connectivity index (χ1v) is 5.96. The molecule has 0 aliphatic rings. The van der Waals surface area contributed by atoms with Gasteiger partial charge < -0.3 is 21.2 Å². The maximum atomic E-state index is 11.7. The number of carbonyl (C=O) groups is 1. The van der Waals surface area contributed by atoms with Crippen LogP contribution in [0.3, 0.4) is 0 Å². The summed E-state index contributed by atoms with van der Waals surface area (Å²) in [6, 6.07) is 0.0383. The Labute approximate surface area is 103 Å². The normalized spacial score (nSPS) is 15.7. The second kappa shape index (κ2) is 7.89. The Hall–Kier alpha value is -1.30. The van der Waals surface area contributed by atoms with Gasteiger partial charge in [0.25, 0.3) is 0 Å². The lowest BCUT2D eigenvalue weighted by atomic mass is 10.1. The van der Waals surface area contributed by atoms with E-state index in [1.807, 2.05) is 6.92 Å². The van der Waals surface area contributed by atoms with Gasteiger partial charge in [0.1, 0.15) is 0 Å². The Morgan fingerprint density at radius 1 is 1.41 bits per heavy atom. The summed E-state index contributed by atoms with van der Waals surface area (Å²) in [6.45, 7) is 10.4. The number of oxime groups is 1. The van der Waals surface area contributed by atoms with E-state index < -0.39 is 5.92 Å². The average molecular weight is 244 g/mol. The molecule has 6 heteroatoms. The van der Waals surface area contributed by atoms with Gasteiger partial charge in [0.2, 0.25) is 5.91 Å². The number of carbonyl (C=O) groups excluding carboxylic acids is 1. The molecule has 0 aliphatic heterocycles. The van der Waals surface area contributed by atoms with Gasteiger partial charge in [-0.25, -0.2) is 0 Å². The van der Waals surface area contributed by atoms with Crippen molar-refractivity contribution in [3.8, 4) is 0 Å². The van der Waals surface area contributed by atoms with Gasteiger partial charge in [-0.3, -0.25) is 4.79 Å². The third kappa shape index (κ3) is 5.53. The standard InChI is InChI=1S/C11H24N4O2/c1-5-15(6-2)7-8(3)13-11(16)9(4)10(12)14-17/h8-9,17H,5-7H2,1-4H3,(H2,12,14)(H,13,16). The third-order valence-electron chi connectivity index (χ3n) is 2.77. The van der Waals surface area contributed by atoms with E-state index in [1.54, 1.807) is 6.92 Å². The van der Waals surface area contributed by atoms with Gasteiger partial charge in [0, 0.05) is 12.6 Å². The largest absolute Gasteiger partial charge is 0.409 e. The molecule has 0 saturated heterocycles. The number of hydrogen-bond acceptors (Lipinski definition) is 4. The van der Waals surface area contributed by atoms with Crippen LogP contribution >= 0.6 is 0 Å². The minimum absolute atomic E-state index is 0.0383. The minimum atomic E-state index is -0.612. The highest BCUT2D eigenvalue weighted by atomic mass is 16.4. The van der Waals surface area contributed by atoms with Crippen molar-refractivity contribution in [3.05, 3.63) is 0 Å². The topological polar surface area (TPSA) is 91.0 Å². The van der Waals surface area contributed by atoms with Gasteiger partial charge in [-0.15, -0.1) is 0 Å². The van der Waals surface area contributed by atoms with E-state index in [2.05, 4.69) is 29.2 Å². The molecule has 0 bridgehead atoms. The zero-order valence-electron chi connectivity index (χ0n) is 11.1. The fourth-order valence-electron chi connectivity index (χ4n) is 1.50. The van der Waals surface area contributed by atoms with E-state index in [1.165, 1.54) is 0 Å². The van der Waals surface area contributed by atoms with Crippen molar-refractivity contribution in [2.75, 3.05) is 19.6 Å². The molecule has 0 fully saturated rings. The molecule has 0 aromatic carbocycles. The van der Waals surface area contributed by atoms with Crippen LogP contribution in [0.2, 0.25) is 0 Å². The van der Waals surface area contributed by atoms with E-state index in [0.29, 0.717) is 0 Å². The van der Waals surface area contributed by atoms with E-state index >= 15 is 0 Å². The first-order valence-electron chi connectivity index (χ1n) is 5.96. The highest BCUT2D eigenvalue weighted by molar-refractivity contribution is 6.01. The fraction of sp³-hybridized carbons (Fsp3) is 0.818. The molecule has 0 saturated carbocycles. The minimum Gasteiger partial charge on any atom is -0.409 e. The zero-order chi connectivity index (χ0) is 13.4. The summed E-state index contributed by atoms with van der Waals surface area (Å²) in [4.78, 5) is 13.9. The third-order valence-corrected chi connectivity index (χ3v) is 2.77. The van der Waals surface area contributed by atoms with Gasteiger partial charge in [0.05, 0.1) is 5.92 Å². The van der Waals surface area contributed by atoms with Crippen molar-refractivity contribution in [3.63, 3.8) is 0 Å². The summed E-state index contributed by atoms with van der Waals surface area (Å²) >= 11 is 0. The summed E-state index contributed by atoms with van der Waals surface area (Å²) in [6.07, 6.45) is 0. The molecule has 0 spiro atoms. The van der Waals surface area contributed by atoms with Gasteiger partial charge in [-0.05, 0) is 26.9 Å². The first kappa shape index (κ1) is 15.7. The number of amidine groups is 1. The summed E-state index contributed by atoms with van der Waals surface area (Å²) in [5.74, 6) is -0.906. The van der Waals surface area contributed by atoms with E-state index in [4.69, 9.17) is 10.9 Å². The maximum Gasteiger partial charge on any atom is 0.230 e. The average Bonchev–Trinajstić information content (AvgIpc) is 2.33. The number of nitrogens with zero attached hydrogens (tertiary/aromatic N) is 2. The lowest BCUT2D eigenvalue weighted by Gasteiger charge is -2.24. The van der Waals surface area contributed by atoms with Crippen molar-refractivity contribution < 1.29 is 10.0 Å². The van der Waals surface area contributed by atoms with Crippen LogP contribution in [0.4, 0.5) is 0 Å². The number of nitrogens with one attached hydrogen (secondary N) is 1. The number of rotatable bonds is 7. The van der Waals surface area contributed by atoms with Crippen LogP contribution in [0.1, 0.15) is 27.7 Å². The molecule has 1 amide bonds. The molecule has 4 N–H and O–H groups in total. The summed E-state index contributed by atoms with van der Waals surface area (Å²) < 4.78 is 0. The lowest BCUT2D eigenvalue weighted by molar-refractivity contribution is -0.123. The summed E-state index contributed by atoms with van der Waals surface area (Å²) in [5, 5.41) is 14.2. The molecule has 2 atom stereocenters. The van der Waals surface area contributed by atoms with Gasteiger partial charge >= 0.3 is 0 Å². The van der Waals surface area contributed by atoms with E-state index in [9.17, 15) is 4.79 Å². The fourth-order valence-corrected chi connectivity index (χ4v) is 1.50. The highest BCUT2D eigenvalue weighted by Gasteiger charge is 2.19. The van der Waals surface area contributed by atoms with Crippen molar-refractivity contribution >= 4 is 11.7 Å². The van der Waals surface area contributed by atoms with Gasteiger partial charge in [-0.2, -0.15) is 0 Å². The van der Waals surface area contributed by atoms with Gasteiger partial charge in [-0.1, -0.05) is 19.0 Å². The Morgan fingerprint density at radius 3 is 2.35 bits per heavy atom. The Kier molecular flexibility index (Phi) is 7.29. The molecule has 0 heterocycles. The highest BCUT2D eigenvalue weighted by Crippen LogP contribution is 1.98. The molecule has 0 aromatic heterocycles. The van der Waals surface area contributed by atoms with Crippen LogP contribution in [-0.2, 0) is 4.79 Å². The van der Waals surface area contributed by atoms with E-state index in [0.717, 1.165) is 19.6 Å². The Bertz CT molecular complexity index is 264. The quantitative estimate of drug-likeness (QED) is 0.258. The van der Waals surface area contributed by atoms with Crippen LogP contribution in [0.15, 0.2) is 5.16 Å². The molecule has 6 nitrogen and oxygen atoms in total. The monoisotopic (exact) mass is 244 g/mol. The predicted octanol–water partition coefficient (Wildman–Crippen LogP) is 0.215. The van der Waals surface area contributed by atoms with Crippen molar-refractivity contribution in [1.82, 2.24) is 10.2 Å². The number of amides is 1. The van der Waals surface area contributed by atoms with Gasteiger partial charge in [0.15, 0.2) is 5.84 Å². The second-order valence-corrected chi connectivity index (χ2v) is 4.14. The molecule has 17 heavy (non-hydrogen) atoms. The first-order chi connectivity index (χ1) is 7.96. The SMILES string of the molecule is CCN(CC)CC(C)NC(=O)C(C)C(N)=NO. The van der Waals surface area contributed by atoms with Crippen LogP contribution in [0, 0.1) is 5.92 Å². The molecule has 0 radical (unpaired) electrons. The summed E-state index contributed by atoms with van der Waals surface area (Å²) in [7, 11) is 0. The smallest absolute Gasteiger partial charge is 0.230 e. The van der Waals surface area contributed by atoms with Crippen molar-refractivity contribution in [2.45, 2.75) is 33.7 Å². The zero-order valence-corrected chi connectivity index (χ0v) is 11.1. The number of likely N-dealkylation sites (N-methyl/N-ethyl adjacent to an activating group) is 1. The van der Waals surface area contributed by atoms with Crippen LogP contribution in [0.25, 0.3) is 0 Å². The second-order valence-electron chi connectivity index (χ2n) is 4.14. The molecule has 0 rings (SSSR count). The molecular weight excluding hydrogens is 220 g/mol. The number of hydrogen-bond donors (Lipinski definition) is 3. The van der Waals surface area contributed by atoms with Crippen molar-refractivity contribution in [2.24, 2.45) is 16.8 Å². The Balaban J connectivity index is 4.20. The lowest BCUT2D eigenvalue weighted by Crippen LogP contribution is -2.46. The molecular formula is C11H24N4O2. The van der Waals surface area contributed by atoms with Crippen molar-refractivity contribution in [1.29, 1.82) is 0 Å². The van der Waals surface area contributed by atoms with Crippen LogP contribution < -0.4 is 11.1 Å². The van der Waals surface area contributed by atoms with Crippen LogP contribution in [-0.4, -0.2) is 47.5 Å². The molecule has 0 aliphatic carbocycles. The molecule has 0 aromatic rings.